The van der Waals surface area contributed by atoms with Crippen LogP contribution in [-0.2, 0) is 0 Å². The third kappa shape index (κ3) is 1.55. The predicted molar refractivity (Wildman–Crippen MR) is 43.5 cm³/mol. The fourth-order valence-corrected chi connectivity index (χ4v) is 1.59. The number of halogens is 2. The number of aromatic hydroxyl groups is 1. The van der Waals surface area contributed by atoms with Gasteiger partial charge in [-0.05, 0) is 0 Å². The van der Waals surface area contributed by atoms with Crippen molar-refractivity contribution in [3.05, 3.63) is 22.2 Å². The van der Waals surface area contributed by atoms with Gasteiger partial charge in [0.25, 0.3) is 0 Å². The molecule has 0 spiro atoms. The van der Waals surface area contributed by atoms with Crippen LogP contribution in [-0.4, -0.2) is 29.5 Å². The number of rotatable bonds is 0. The number of hydrogen-bond acceptors (Lipinski definition) is 1. The standard InChI is InChI=1S/C6H3Cl2O.In/c7-4-2-1-3-5(8)6(4)9;/h1-2,9H;. The molecule has 0 aromatic heterocycles. The van der Waals surface area contributed by atoms with Crippen LogP contribution >= 0.6 is 23.2 Å². The maximum absolute atomic E-state index is 9.14. The molecule has 1 aromatic carbocycles. The Balaban J connectivity index is 3.34. The molecular formula is C6H3Cl2InO. The molecule has 0 atom stereocenters. The molecule has 1 aromatic rings. The topological polar surface area (TPSA) is 20.2 Å². The van der Waals surface area contributed by atoms with E-state index in [4.69, 9.17) is 28.3 Å². The fourth-order valence-electron chi connectivity index (χ4n) is 0.557. The van der Waals surface area contributed by atoms with E-state index >= 15 is 0 Å². The van der Waals surface area contributed by atoms with E-state index in [9.17, 15) is 0 Å². The van der Waals surface area contributed by atoms with Gasteiger partial charge in [-0.2, -0.15) is 0 Å². The van der Waals surface area contributed by atoms with Crippen molar-refractivity contribution in [2.75, 3.05) is 0 Å². The first-order valence-corrected chi connectivity index (χ1v) is 4.95. The van der Waals surface area contributed by atoms with Gasteiger partial charge in [0.1, 0.15) is 0 Å². The number of phenolic OH excluding ortho intramolecular Hbond substituents is 1. The Morgan fingerprint density at radius 2 is 1.90 bits per heavy atom. The Hall–Kier alpha value is 0.470. The molecule has 1 rings (SSSR count). The van der Waals surface area contributed by atoms with Crippen LogP contribution in [0.15, 0.2) is 12.1 Å². The molecule has 0 saturated heterocycles. The number of hydrogen-bond donors (Lipinski definition) is 1. The minimum absolute atomic E-state index is 0.00608. The Labute approximate surface area is 83.5 Å². The van der Waals surface area contributed by atoms with Crippen LogP contribution in [0.2, 0.25) is 10.0 Å². The van der Waals surface area contributed by atoms with E-state index in [1.54, 1.807) is 6.07 Å². The molecule has 4 heteroatoms. The van der Waals surface area contributed by atoms with Gasteiger partial charge in [0.15, 0.2) is 0 Å². The van der Waals surface area contributed by atoms with E-state index in [0.29, 0.717) is 10.0 Å². The Bertz CT molecular complexity index is 235. The van der Waals surface area contributed by atoms with Crippen LogP contribution in [0.4, 0.5) is 0 Å². The van der Waals surface area contributed by atoms with Crippen LogP contribution in [0.1, 0.15) is 0 Å². The van der Waals surface area contributed by atoms with Crippen molar-refractivity contribution in [2.24, 2.45) is 0 Å². The van der Waals surface area contributed by atoms with Crippen molar-refractivity contribution in [1.29, 1.82) is 0 Å². The summed E-state index contributed by atoms with van der Waals surface area (Å²) >= 11 is 12.1. The van der Waals surface area contributed by atoms with Gasteiger partial charge in [0, 0.05) is 0 Å². The second kappa shape index (κ2) is 3.24. The molecule has 10 heavy (non-hydrogen) atoms. The summed E-state index contributed by atoms with van der Waals surface area (Å²) in [4.78, 5) is 0. The zero-order valence-corrected chi connectivity index (χ0v) is 9.74. The summed E-state index contributed by atoms with van der Waals surface area (Å²) in [7, 11) is 0. The van der Waals surface area contributed by atoms with Gasteiger partial charge in [-0.3, -0.25) is 0 Å². The molecule has 0 aliphatic heterocycles. The summed E-state index contributed by atoms with van der Waals surface area (Å²) in [5, 5.41) is 9.84. The monoisotopic (exact) mass is 276 g/mol. The summed E-state index contributed by atoms with van der Waals surface area (Å²) in [5.41, 5.74) is 0. The third-order valence-electron chi connectivity index (χ3n) is 1.10. The van der Waals surface area contributed by atoms with Crippen molar-refractivity contribution in [3.8, 4) is 5.75 Å². The molecule has 0 unspecified atom stereocenters. The Morgan fingerprint density at radius 3 is 2.40 bits per heavy atom. The molecule has 0 saturated carbocycles. The average molecular weight is 277 g/mol. The second-order valence-corrected chi connectivity index (χ2v) is 4.36. The summed E-state index contributed by atoms with van der Waals surface area (Å²) in [6, 6.07) is 3.45. The quantitative estimate of drug-likeness (QED) is 0.761. The molecule has 50 valence electrons. The minimum atomic E-state index is -0.00608. The van der Waals surface area contributed by atoms with Gasteiger partial charge in [-0.25, -0.2) is 0 Å². The zero-order chi connectivity index (χ0) is 7.72. The molecule has 2 radical (unpaired) electrons. The van der Waals surface area contributed by atoms with Crippen LogP contribution in [0, 0.1) is 0 Å². The van der Waals surface area contributed by atoms with Crippen molar-refractivity contribution < 1.29 is 5.11 Å². The van der Waals surface area contributed by atoms with Crippen LogP contribution in [0.3, 0.4) is 0 Å². The van der Waals surface area contributed by atoms with E-state index in [2.05, 4.69) is 0 Å². The van der Waals surface area contributed by atoms with Crippen molar-refractivity contribution in [2.45, 2.75) is 0 Å². The average Bonchev–Trinajstić information content (AvgIpc) is 1.93. The van der Waals surface area contributed by atoms with Gasteiger partial charge in [0.05, 0.1) is 0 Å². The molecule has 1 nitrogen and oxygen atoms in total. The molecule has 0 aliphatic carbocycles. The van der Waals surface area contributed by atoms with Gasteiger partial charge in [-0.1, -0.05) is 0 Å². The Morgan fingerprint density at radius 1 is 1.30 bits per heavy atom. The van der Waals surface area contributed by atoms with Crippen molar-refractivity contribution in [1.82, 2.24) is 0 Å². The zero-order valence-electron chi connectivity index (χ0n) is 4.94. The third-order valence-corrected chi connectivity index (χ3v) is 3.69. The van der Waals surface area contributed by atoms with Gasteiger partial charge in [0.2, 0.25) is 0 Å². The van der Waals surface area contributed by atoms with Gasteiger partial charge >= 0.3 is 83.9 Å². The molecule has 0 heterocycles. The van der Waals surface area contributed by atoms with E-state index in [1.807, 2.05) is 6.07 Å². The van der Waals surface area contributed by atoms with Gasteiger partial charge in [-0.15, -0.1) is 0 Å². The van der Waals surface area contributed by atoms with E-state index in [-0.39, 0.29) is 5.75 Å². The molecule has 0 fully saturated rings. The summed E-state index contributed by atoms with van der Waals surface area (Å²) < 4.78 is 0.953. The van der Waals surface area contributed by atoms with Crippen LogP contribution < -0.4 is 3.32 Å². The summed E-state index contributed by atoms with van der Waals surface area (Å²) in [6.07, 6.45) is 0. The van der Waals surface area contributed by atoms with Crippen LogP contribution in [0.5, 0.6) is 5.75 Å². The predicted octanol–water partition coefficient (Wildman–Crippen LogP) is 1.49. The van der Waals surface area contributed by atoms with Crippen molar-refractivity contribution >= 4 is 50.9 Å². The molecular weight excluding hydrogens is 274 g/mol. The molecule has 0 bridgehead atoms. The van der Waals surface area contributed by atoms with E-state index in [0.717, 1.165) is 27.7 Å². The molecule has 0 aliphatic rings. The Kier molecular flexibility index (Phi) is 2.78. The first kappa shape index (κ1) is 8.57. The first-order valence-electron chi connectivity index (χ1n) is 2.55. The van der Waals surface area contributed by atoms with Crippen molar-refractivity contribution in [3.63, 3.8) is 0 Å². The normalized spacial score (nSPS) is 9.80. The number of phenols is 1. The second-order valence-electron chi connectivity index (χ2n) is 1.80. The molecule has 0 amide bonds. The first-order chi connectivity index (χ1) is 4.63. The maximum atomic E-state index is 9.14. The summed E-state index contributed by atoms with van der Waals surface area (Å²) in [6.45, 7) is 0. The SMILES string of the molecule is Oc1c(Cl)cc[c]([In])c1Cl. The van der Waals surface area contributed by atoms with E-state index < -0.39 is 0 Å². The number of benzene rings is 1. The van der Waals surface area contributed by atoms with Gasteiger partial charge < -0.3 is 0 Å². The fraction of sp³-hybridized carbons (Fsp3) is 0. The summed E-state index contributed by atoms with van der Waals surface area (Å²) in [5.74, 6) is -0.00608. The van der Waals surface area contributed by atoms with E-state index in [1.165, 1.54) is 0 Å². The molecule has 1 N–H and O–H groups in total. The van der Waals surface area contributed by atoms with Crippen LogP contribution in [0.25, 0.3) is 0 Å².